The Labute approximate surface area is 118 Å². The fourth-order valence-corrected chi connectivity index (χ4v) is 3.35. The SMILES string of the molecule is CCN(Cc1ccncc1)S(=O)(=O)c1c[nH]c(CN)c1. The zero-order valence-corrected chi connectivity index (χ0v) is 12.1. The molecule has 2 heterocycles. The standard InChI is InChI=1S/C13H18N4O2S/c1-2-17(10-11-3-5-15-6-4-11)20(18,19)13-7-12(8-14)16-9-13/h3-7,9,16H,2,8,10,14H2,1H3. The minimum atomic E-state index is -3.51. The van der Waals surface area contributed by atoms with Gasteiger partial charge >= 0.3 is 0 Å². The quantitative estimate of drug-likeness (QED) is 0.834. The van der Waals surface area contributed by atoms with Crippen molar-refractivity contribution in [1.29, 1.82) is 0 Å². The molecule has 0 aliphatic carbocycles. The number of rotatable bonds is 6. The Kier molecular flexibility index (Phi) is 4.53. The van der Waals surface area contributed by atoms with Crippen molar-refractivity contribution in [2.75, 3.05) is 6.54 Å². The van der Waals surface area contributed by atoms with E-state index in [9.17, 15) is 8.42 Å². The fourth-order valence-electron chi connectivity index (χ4n) is 1.89. The molecule has 7 heteroatoms. The maximum Gasteiger partial charge on any atom is 0.244 e. The van der Waals surface area contributed by atoms with Gasteiger partial charge in [0, 0.05) is 43.9 Å². The third-order valence-electron chi connectivity index (χ3n) is 3.03. The minimum absolute atomic E-state index is 0.244. The largest absolute Gasteiger partial charge is 0.363 e. The number of hydrogen-bond acceptors (Lipinski definition) is 4. The van der Waals surface area contributed by atoms with E-state index < -0.39 is 10.0 Å². The molecular weight excluding hydrogens is 276 g/mol. The van der Waals surface area contributed by atoms with Gasteiger partial charge in [-0.15, -0.1) is 0 Å². The van der Waals surface area contributed by atoms with Gasteiger partial charge in [0.1, 0.15) is 0 Å². The monoisotopic (exact) mass is 294 g/mol. The molecule has 0 fully saturated rings. The van der Waals surface area contributed by atoms with E-state index in [1.165, 1.54) is 10.5 Å². The Bertz CT molecular complexity index is 652. The predicted molar refractivity (Wildman–Crippen MR) is 76.2 cm³/mol. The molecule has 2 rings (SSSR count). The molecular formula is C13H18N4O2S. The lowest BCUT2D eigenvalue weighted by atomic mass is 10.3. The lowest BCUT2D eigenvalue weighted by Crippen LogP contribution is -2.30. The topological polar surface area (TPSA) is 92.1 Å². The van der Waals surface area contributed by atoms with Crippen LogP contribution in [0.4, 0.5) is 0 Å². The van der Waals surface area contributed by atoms with Gasteiger partial charge in [0.25, 0.3) is 0 Å². The van der Waals surface area contributed by atoms with Crippen LogP contribution in [0.5, 0.6) is 0 Å². The summed E-state index contributed by atoms with van der Waals surface area (Å²) in [7, 11) is -3.51. The Balaban J connectivity index is 2.25. The molecule has 0 radical (unpaired) electrons. The van der Waals surface area contributed by atoms with Crippen molar-refractivity contribution in [3.05, 3.63) is 48.0 Å². The summed E-state index contributed by atoms with van der Waals surface area (Å²) in [5.41, 5.74) is 7.09. The highest BCUT2D eigenvalue weighted by molar-refractivity contribution is 7.89. The summed E-state index contributed by atoms with van der Waals surface area (Å²) >= 11 is 0. The predicted octanol–water partition coefficient (Wildman–Crippen LogP) is 1.08. The van der Waals surface area contributed by atoms with Crippen LogP contribution in [0.15, 0.2) is 41.7 Å². The van der Waals surface area contributed by atoms with Gasteiger partial charge in [-0.05, 0) is 23.8 Å². The van der Waals surface area contributed by atoms with E-state index in [0.29, 0.717) is 18.8 Å². The Morgan fingerprint density at radius 1 is 1.35 bits per heavy atom. The van der Waals surface area contributed by atoms with Crippen LogP contribution < -0.4 is 5.73 Å². The van der Waals surface area contributed by atoms with Crippen LogP contribution in [0.25, 0.3) is 0 Å². The first-order valence-corrected chi connectivity index (χ1v) is 7.78. The van der Waals surface area contributed by atoms with E-state index in [2.05, 4.69) is 9.97 Å². The summed E-state index contributed by atoms with van der Waals surface area (Å²) in [6.45, 7) is 2.82. The number of nitrogens with two attached hydrogens (primary N) is 1. The maximum absolute atomic E-state index is 12.5. The number of hydrogen-bond donors (Lipinski definition) is 2. The van der Waals surface area contributed by atoms with E-state index in [4.69, 9.17) is 5.73 Å². The number of nitrogens with one attached hydrogen (secondary N) is 1. The average molecular weight is 294 g/mol. The van der Waals surface area contributed by atoms with Crippen LogP contribution in [0.3, 0.4) is 0 Å². The molecule has 0 aliphatic rings. The highest BCUT2D eigenvalue weighted by Gasteiger charge is 2.24. The lowest BCUT2D eigenvalue weighted by Gasteiger charge is -2.19. The van der Waals surface area contributed by atoms with Gasteiger partial charge in [0.05, 0.1) is 4.90 Å². The molecule has 0 saturated heterocycles. The molecule has 3 N–H and O–H groups in total. The summed E-state index contributed by atoms with van der Waals surface area (Å²) < 4.78 is 26.5. The summed E-state index contributed by atoms with van der Waals surface area (Å²) in [4.78, 5) is 7.03. The van der Waals surface area contributed by atoms with Gasteiger partial charge in [0.15, 0.2) is 0 Å². The molecule has 0 saturated carbocycles. The molecule has 2 aromatic rings. The Morgan fingerprint density at radius 3 is 2.60 bits per heavy atom. The molecule has 2 aromatic heterocycles. The van der Waals surface area contributed by atoms with Gasteiger partial charge in [-0.3, -0.25) is 4.98 Å². The van der Waals surface area contributed by atoms with Crippen molar-refractivity contribution in [3.63, 3.8) is 0 Å². The van der Waals surface area contributed by atoms with Crippen LogP contribution in [-0.4, -0.2) is 29.2 Å². The average Bonchev–Trinajstić information content (AvgIpc) is 2.95. The molecule has 0 aromatic carbocycles. The van der Waals surface area contributed by atoms with Gasteiger partial charge in [0.2, 0.25) is 10.0 Å². The molecule has 6 nitrogen and oxygen atoms in total. The van der Waals surface area contributed by atoms with E-state index in [1.807, 2.05) is 6.92 Å². The summed E-state index contributed by atoms with van der Waals surface area (Å²) in [6.07, 6.45) is 4.78. The highest BCUT2D eigenvalue weighted by atomic mass is 32.2. The lowest BCUT2D eigenvalue weighted by molar-refractivity contribution is 0.423. The van der Waals surface area contributed by atoms with Crippen LogP contribution in [-0.2, 0) is 23.1 Å². The number of aromatic nitrogens is 2. The number of H-pyrrole nitrogens is 1. The molecule has 0 spiro atoms. The van der Waals surface area contributed by atoms with Crippen LogP contribution in [0.1, 0.15) is 18.2 Å². The first kappa shape index (κ1) is 14.7. The van der Waals surface area contributed by atoms with E-state index in [-0.39, 0.29) is 11.4 Å². The first-order chi connectivity index (χ1) is 9.57. The Morgan fingerprint density at radius 2 is 2.05 bits per heavy atom. The van der Waals surface area contributed by atoms with Crippen LogP contribution in [0, 0.1) is 0 Å². The zero-order valence-electron chi connectivity index (χ0n) is 11.3. The van der Waals surface area contributed by atoms with E-state index in [0.717, 1.165) is 5.56 Å². The summed E-state index contributed by atoms with van der Waals surface area (Å²) in [6, 6.07) is 5.19. The molecule has 0 atom stereocenters. The number of sulfonamides is 1. The van der Waals surface area contributed by atoms with Gasteiger partial charge in [-0.25, -0.2) is 8.42 Å². The second-order valence-electron chi connectivity index (χ2n) is 4.35. The van der Waals surface area contributed by atoms with Crippen molar-refractivity contribution in [1.82, 2.24) is 14.3 Å². The summed E-state index contributed by atoms with van der Waals surface area (Å²) in [5, 5.41) is 0. The third kappa shape index (κ3) is 3.06. The third-order valence-corrected chi connectivity index (χ3v) is 4.93. The van der Waals surface area contributed by atoms with Crippen LogP contribution in [0.2, 0.25) is 0 Å². The number of nitrogens with zero attached hydrogens (tertiary/aromatic N) is 2. The van der Waals surface area contributed by atoms with E-state index in [1.54, 1.807) is 30.6 Å². The minimum Gasteiger partial charge on any atom is -0.363 e. The molecule has 108 valence electrons. The van der Waals surface area contributed by atoms with Gasteiger partial charge in [-0.2, -0.15) is 4.31 Å². The van der Waals surface area contributed by atoms with Crippen molar-refractivity contribution in [3.8, 4) is 0 Å². The van der Waals surface area contributed by atoms with Crippen molar-refractivity contribution >= 4 is 10.0 Å². The normalized spacial score (nSPS) is 11.9. The first-order valence-electron chi connectivity index (χ1n) is 6.34. The van der Waals surface area contributed by atoms with Crippen molar-refractivity contribution < 1.29 is 8.42 Å². The van der Waals surface area contributed by atoms with Gasteiger partial charge in [-0.1, -0.05) is 6.92 Å². The summed E-state index contributed by atoms with van der Waals surface area (Å²) in [5.74, 6) is 0. The Hall–Kier alpha value is -1.70. The molecule has 20 heavy (non-hydrogen) atoms. The maximum atomic E-state index is 12.5. The molecule has 0 amide bonds. The molecule has 0 unspecified atom stereocenters. The number of aromatic amines is 1. The van der Waals surface area contributed by atoms with E-state index >= 15 is 0 Å². The second kappa shape index (κ2) is 6.17. The zero-order chi connectivity index (χ0) is 14.6. The highest BCUT2D eigenvalue weighted by Crippen LogP contribution is 2.18. The van der Waals surface area contributed by atoms with Crippen LogP contribution >= 0.6 is 0 Å². The van der Waals surface area contributed by atoms with Crippen molar-refractivity contribution in [2.24, 2.45) is 5.73 Å². The second-order valence-corrected chi connectivity index (χ2v) is 6.29. The number of pyridine rings is 1. The smallest absolute Gasteiger partial charge is 0.244 e. The molecule has 0 aliphatic heterocycles. The van der Waals surface area contributed by atoms with Gasteiger partial charge < -0.3 is 10.7 Å². The van der Waals surface area contributed by atoms with Crippen molar-refractivity contribution in [2.45, 2.75) is 24.9 Å². The molecule has 0 bridgehead atoms. The fraction of sp³-hybridized carbons (Fsp3) is 0.308.